The predicted molar refractivity (Wildman–Crippen MR) is 86.5 cm³/mol. The summed E-state index contributed by atoms with van der Waals surface area (Å²) in [7, 11) is 0. The quantitative estimate of drug-likeness (QED) is 0.819. The molecule has 0 radical (unpaired) electrons. The minimum atomic E-state index is -0.192. The molecule has 0 amide bonds. The Bertz CT molecular complexity index is 614. The summed E-state index contributed by atoms with van der Waals surface area (Å²) in [6, 6.07) is 15.2. The van der Waals surface area contributed by atoms with Crippen LogP contribution in [0.1, 0.15) is 30.9 Å². The van der Waals surface area contributed by atoms with Crippen LogP contribution in [0, 0.1) is 5.82 Å². The smallest absolute Gasteiger partial charge is 0.152 e. The molecular weight excluding hydrogens is 277 g/mol. The van der Waals surface area contributed by atoms with E-state index >= 15 is 0 Å². The highest BCUT2D eigenvalue weighted by Crippen LogP contribution is 2.24. The summed E-state index contributed by atoms with van der Waals surface area (Å²) in [6.07, 6.45) is 2.86. The second kappa shape index (κ2) is 6.93. The SMILES string of the molecule is CCN1CCCC1Oc1ccc(Cc2ccccc2)c(F)c1. The third kappa shape index (κ3) is 3.47. The maximum absolute atomic E-state index is 14.3. The van der Waals surface area contributed by atoms with Gasteiger partial charge in [0.05, 0.1) is 0 Å². The van der Waals surface area contributed by atoms with Crippen molar-refractivity contribution >= 4 is 0 Å². The number of hydrogen-bond donors (Lipinski definition) is 0. The van der Waals surface area contributed by atoms with Crippen LogP contribution in [0.5, 0.6) is 5.75 Å². The number of rotatable bonds is 5. The fraction of sp³-hybridized carbons (Fsp3) is 0.368. The van der Waals surface area contributed by atoms with Crippen molar-refractivity contribution in [1.82, 2.24) is 4.90 Å². The van der Waals surface area contributed by atoms with Crippen molar-refractivity contribution in [3.63, 3.8) is 0 Å². The van der Waals surface area contributed by atoms with E-state index in [1.54, 1.807) is 0 Å². The maximum atomic E-state index is 14.3. The van der Waals surface area contributed by atoms with Gasteiger partial charge in [0, 0.05) is 19.0 Å². The summed E-state index contributed by atoms with van der Waals surface area (Å²) in [5.74, 6) is 0.432. The molecule has 3 heteroatoms. The molecule has 1 unspecified atom stereocenters. The van der Waals surface area contributed by atoms with Crippen LogP contribution in [-0.2, 0) is 6.42 Å². The molecule has 1 fully saturated rings. The van der Waals surface area contributed by atoms with Crippen molar-refractivity contribution in [2.75, 3.05) is 13.1 Å². The Morgan fingerprint density at radius 1 is 1.18 bits per heavy atom. The van der Waals surface area contributed by atoms with Gasteiger partial charge in [-0.25, -0.2) is 4.39 Å². The lowest BCUT2D eigenvalue weighted by Crippen LogP contribution is -2.33. The predicted octanol–water partition coefficient (Wildman–Crippen LogP) is 4.24. The molecule has 3 rings (SSSR count). The Labute approximate surface area is 131 Å². The first-order valence-corrected chi connectivity index (χ1v) is 7.99. The van der Waals surface area contributed by atoms with Gasteiger partial charge in [0.2, 0.25) is 0 Å². The van der Waals surface area contributed by atoms with Crippen LogP contribution in [0.25, 0.3) is 0 Å². The van der Waals surface area contributed by atoms with E-state index in [0.717, 1.165) is 31.5 Å². The van der Waals surface area contributed by atoms with E-state index in [0.29, 0.717) is 17.7 Å². The Kier molecular flexibility index (Phi) is 4.74. The molecule has 116 valence electrons. The summed E-state index contributed by atoms with van der Waals surface area (Å²) < 4.78 is 20.2. The standard InChI is InChI=1S/C19H22FNO/c1-2-21-12-6-9-19(21)22-17-11-10-16(18(20)14-17)13-15-7-4-3-5-8-15/h3-5,7-8,10-11,14,19H,2,6,9,12-13H2,1H3. The van der Waals surface area contributed by atoms with Crippen molar-refractivity contribution in [3.8, 4) is 5.75 Å². The largest absolute Gasteiger partial charge is 0.475 e. The molecule has 22 heavy (non-hydrogen) atoms. The van der Waals surface area contributed by atoms with Crippen LogP contribution >= 0.6 is 0 Å². The Hall–Kier alpha value is -1.87. The van der Waals surface area contributed by atoms with E-state index < -0.39 is 0 Å². The van der Waals surface area contributed by atoms with E-state index in [9.17, 15) is 4.39 Å². The normalized spacial score (nSPS) is 18.5. The lowest BCUT2D eigenvalue weighted by molar-refractivity contribution is 0.0647. The molecule has 2 nitrogen and oxygen atoms in total. The van der Waals surface area contributed by atoms with Crippen LogP contribution in [-0.4, -0.2) is 24.2 Å². The molecule has 2 aromatic carbocycles. The molecule has 1 heterocycles. The monoisotopic (exact) mass is 299 g/mol. The molecule has 0 aromatic heterocycles. The van der Waals surface area contributed by atoms with Crippen LogP contribution < -0.4 is 4.74 Å². The summed E-state index contributed by atoms with van der Waals surface area (Å²) in [5.41, 5.74) is 1.82. The third-order valence-electron chi connectivity index (χ3n) is 4.24. The molecule has 1 aliphatic rings. The van der Waals surface area contributed by atoms with E-state index in [1.165, 1.54) is 6.07 Å². The average molecular weight is 299 g/mol. The van der Waals surface area contributed by atoms with E-state index in [2.05, 4.69) is 11.8 Å². The zero-order chi connectivity index (χ0) is 15.4. The topological polar surface area (TPSA) is 12.5 Å². The van der Waals surface area contributed by atoms with Gasteiger partial charge < -0.3 is 4.74 Å². The zero-order valence-corrected chi connectivity index (χ0v) is 13.0. The molecule has 1 saturated heterocycles. The summed E-state index contributed by atoms with van der Waals surface area (Å²) in [6.45, 7) is 4.17. The van der Waals surface area contributed by atoms with E-state index in [4.69, 9.17) is 4.74 Å². The Morgan fingerprint density at radius 3 is 2.73 bits per heavy atom. The van der Waals surface area contributed by atoms with Crippen LogP contribution in [0.15, 0.2) is 48.5 Å². The summed E-state index contributed by atoms with van der Waals surface area (Å²) in [5, 5.41) is 0. The van der Waals surface area contributed by atoms with Gasteiger partial charge >= 0.3 is 0 Å². The number of hydrogen-bond acceptors (Lipinski definition) is 2. The van der Waals surface area contributed by atoms with E-state index in [-0.39, 0.29) is 12.0 Å². The highest BCUT2D eigenvalue weighted by atomic mass is 19.1. The van der Waals surface area contributed by atoms with Gasteiger partial charge in [0.1, 0.15) is 11.6 Å². The Balaban J connectivity index is 1.69. The van der Waals surface area contributed by atoms with Gasteiger partial charge in [-0.1, -0.05) is 43.3 Å². The fourth-order valence-corrected chi connectivity index (χ4v) is 3.01. The van der Waals surface area contributed by atoms with Gasteiger partial charge in [-0.15, -0.1) is 0 Å². The maximum Gasteiger partial charge on any atom is 0.152 e. The molecule has 0 spiro atoms. The van der Waals surface area contributed by atoms with Crippen molar-refractivity contribution in [1.29, 1.82) is 0 Å². The number of ether oxygens (including phenoxy) is 1. The average Bonchev–Trinajstić information content (AvgIpc) is 2.98. The second-order valence-corrected chi connectivity index (χ2v) is 5.76. The first kappa shape index (κ1) is 15.0. The Morgan fingerprint density at radius 2 is 2.00 bits per heavy atom. The van der Waals surface area contributed by atoms with Crippen molar-refractivity contribution in [2.24, 2.45) is 0 Å². The fourth-order valence-electron chi connectivity index (χ4n) is 3.01. The minimum Gasteiger partial charge on any atom is -0.475 e. The van der Waals surface area contributed by atoms with Gasteiger partial charge in [-0.3, -0.25) is 4.90 Å². The van der Waals surface area contributed by atoms with Gasteiger partial charge in [0.15, 0.2) is 6.23 Å². The van der Waals surface area contributed by atoms with Crippen LogP contribution in [0.3, 0.4) is 0 Å². The van der Waals surface area contributed by atoms with Crippen molar-refractivity contribution < 1.29 is 9.13 Å². The number of benzene rings is 2. The first-order valence-electron chi connectivity index (χ1n) is 7.99. The zero-order valence-electron chi connectivity index (χ0n) is 13.0. The van der Waals surface area contributed by atoms with Gasteiger partial charge in [-0.05, 0) is 36.6 Å². The van der Waals surface area contributed by atoms with Crippen molar-refractivity contribution in [2.45, 2.75) is 32.4 Å². The summed E-state index contributed by atoms with van der Waals surface area (Å²) >= 11 is 0. The third-order valence-corrected chi connectivity index (χ3v) is 4.24. The van der Waals surface area contributed by atoms with Crippen LogP contribution in [0.2, 0.25) is 0 Å². The number of likely N-dealkylation sites (tertiary alicyclic amines) is 1. The molecule has 0 bridgehead atoms. The van der Waals surface area contributed by atoms with Crippen molar-refractivity contribution in [3.05, 3.63) is 65.5 Å². The molecule has 0 N–H and O–H groups in total. The second-order valence-electron chi connectivity index (χ2n) is 5.76. The van der Waals surface area contributed by atoms with Crippen LogP contribution in [0.4, 0.5) is 4.39 Å². The van der Waals surface area contributed by atoms with Gasteiger partial charge in [-0.2, -0.15) is 0 Å². The van der Waals surface area contributed by atoms with E-state index in [1.807, 2.05) is 42.5 Å². The lowest BCUT2D eigenvalue weighted by atomic mass is 10.0. The lowest BCUT2D eigenvalue weighted by Gasteiger charge is -2.23. The molecule has 0 saturated carbocycles. The number of halogens is 1. The minimum absolute atomic E-state index is 0.0874. The molecular formula is C19H22FNO. The molecule has 1 aliphatic heterocycles. The molecule has 1 atom stereocenters. The first-order chi connectivity index (χ1) is 10.8. The molecule has 0 aliphatic carbocycles. The highest BCUT2D eigenvalue weighted by molar-refractivity contribution is 5.33. The molecule has 2 aromatic rings. The number of nitrogens with zero attached hydrogens (tertiary/aromatic N) is 1. The highest BCUT2D eigenvalue weighted by Gasteiger charge is 2.24. The van der Waals surface area contributed by atoms with Gasteiger partial charge in [0.25, 0.3) is 0 Å². The summed E-state index contributed by atoms with van der Waals surface area (Å²) in [4.78, 5) is 2.29.